The summed E-state index contributed by atoms with van der Waals surface area (Å²) in [5.41, 5.74) is 0.768. The molecule has 19 heavy (non-hydrogen) atoms. The van der Waals surface area contributed by atoms with Crippen LogP contribution in [-0.4, -0.2) is 11.2 Å². The standard InChI is InChI=1S/C14H20Cl2N2S/c1-3-4-5-6-10(2)17-14(19)18-13-8-7-11(15)9-12(13)16/h7-10H,3-6H2,1-2H3,(H2,17,18,19). The van der Waals surface area contributed by atoms with Crippen molar-refractivity contribution in [3.63, 3.8) is 0 Å². The van der Waals surface area contributed by atoms with Crippen LogP contribution < -0.4 is 10.6 Å². The van der Waals surface area contributed by atoms with E-state index < -0.39 is 0 Å². The van der Waals surface area contributed by atoms with E-state index in [1.165, 1.54) is 19.3 Å². The molecule has 0 aliphatic rings. The molecule has 0 amide bonds. The van der Waals surface area contributed by atoms with Crippen LogP contribution in [0.15, 0.2) is 18.2 Å². The Kier molecular flexibility index (Phi) is 7.51. The van der Waals surface area contributed by atoms with Gasteiger partial charge < -0.3 is 10.6 Å². The summed E-state index contributed by atoms with van der Waals surface area (Å²) in [6.45, 7) is 4.33. The first-order valence-corrected chi connectivity index (χ1v) is 7.72. The van der Waals surface area contributed by atoms with Crippen LogP contribution in [-0.2, 0) is 0 Å². The molecule has 1 rings (SSSR count). The predicted molar refractivity (Wildman–Crippen MR) is 89.4 cm³/mol. The van der Waals surface area contributed by atoms with Crippen LogP contribution in [0.5, 0.6) is 0 Å². The largest absolute Gasteiger partial charge is 0.360 e. The van der Waals surface area contributed by atoms with Gasteiger partial charge in [-0.15, -0.1) is 0 Å². The molecule has 0 fully saturated rings. The van der Waals surface area contributed by atoms with Gasteiger partial charge in [-0.1, -0.05) is 49.4 Å². The van der Waals surface area contributed by atoms with E-state index in [1.807, 2.05) is 6.07 Å². The van der Waals surface area contributed by atoms with E-state index in [4.69, 9.17) is 35.4 Å². The average molecular weight is 319 g/mol. The van der Waals surface area contributed by atoms with E-state index in [1.54, 1.807) is 12.1 Å². The molecule has 0 saturated carbocycles. The molecule has 106 valence electrons. The summed E-state index contributed by atoms with van der Waals surface area (Å²) in [7, 11) is 0. The van der Waals surface area contributed by atoms with Gasteiger partial charge in [0.2, 0.25) is 0 Å². The Morgan fingerprint density at radius 1 is 1.32 bits per heavy atom. The topological polar surface area (TPSA) is 24.1 Å². The minimum Gasteiger partial charge on any atom is -0.360 e. The number of anilines is 1. The van der Waals surface area contributed by atoms with Gasteiger partial charge in [0.25, 0.3) is 0 Å². The summed E-state index contributed by atoms with van der Waals surface area (Å²) in [4.78, 5) is 0. The quantitative estimate of drug-likeness (QED) is 0.553. The molecule has 0 aromatic heterocycles. The van der Waals surface area contributed by atoms with Crippen molar-refractivity contribution in [2.24, 2.45) is 0 Å². The average Bonchev–Trinajstić information content (AvgIpc) is 2.33. The fourth-order valence-corrected chi connectivity index (χ4v) is 2.51. The molecule has 0 spiro atoms. The van der Waals surface area contributed by atoms with Crippen LogP contribution in [0.3, 0.4) is 0 Å². The lowest BCUT2D eigenvalue weighted by Crippen LogP contribution is -2.35. The number of thiocarbonyl (C=S) groups is 1. The smallest absolute Gasteiger partial charge is 0.171 e. The lowest BCUT2D eigenvalue weighted by molar-refractivity contribution is 0.556. The fraction of sp³-hybridized carbons (Fsp3) is 0.500. The van der Waals surface area contributed by atoms with E-state index in [0.29, 0.717) is 21.2 Å². The highest BCUT2D eigenvalue weighted by atomic mass is 35.5. The van der Waals surface area contributed by atoms with Gasteiger partial charge >= 0.3 is 0 Å². The summed E-state index contributed by atoms with van der Waals surface area (Å²) in [5.74, 6) is 0. The normalized spacial score (nSPS) is 12.0. The van der Waals surface area contributed by atoms with Gasteiger partial charge in [-0.2, -0.15) is 0 Å². The summed E-state index contributed by atoms with van der Waals surface area (Å²) < 4.78 is 0. The molecule has 1 unspecified atom stereocenters. The van der Waals surface area contributed by atoms with Crippen LogP contribution in [0.2, 0.25) is 10.0 Å². The highest BCUT2D eigenvalue weighted by Crippen LogP contribution is 2.25. The molecular formula is C14H20Cl2N2S. The first-order valence-electron chi connectivity index (χ1n) is 6.55. The molecule has 0 radical (unpaired) electrons. The third kappa shape index (κ3) is 6.46. The van der Waals surface area contributed by atoms with Gasteiger partial charge in [-0.05, 0) is 43.8 Å². The number of nitrogens with one attached hydrogen (secondary N) is 2. The molecule has 2 N–H and O–H groups in total. The molecular weight excluding hydrogens is 299 g/mol. The van der Waals surface area contributed by atoms with Crippen LogP contribution in [0, 0.1) is 0 Å². The van der Waals surface area contributed by atoms with E-state index >= 15 is 0 Å². The zero-order valence-corrected chi connectivity index (χ0v) is 13.6. The van der Waals surface area contributed by atoms with Gasteiger partial charge in [0.15, 0.2) is 5.11 Å². The molecule has 1 atom stereocenters. The highest BCUT2D eigenvalue weighted by molar-refractivity contribution is 7.80. The number of unbranched alkanes of at least 4 members (excludes halogenated alkanes) is 2. The number of rotatable bonds is 6. The molecule has 0 aliphatic carbocycles. The first-order chi connectivity index (χ1) is 9.02. The summed E-state index contributed by atoms with van der Waals surface area (Å²) in [5, 5.41) is 8.12. The Bertz CT molecular complexity index is 424. The third-order valence-corrected chi connectivity index (χ3v) is 3.57. The SMILES string of the molecule is CCCCCC(C)NC(=S)Nc1ccc(Cl)cc1Cl. The van der Waals surface area contributed by atoms with Gasteiger partial charge in [-0.3, -0.25) is 0 Å². The molecule has 0 aliphatic heterocycles. The van der Waals surface area contributed by atoms with Gasteiger partial charge in [0.1, 0.15) is 0 Å². The summed E-state index contributed by atoms with van der Waals surface area (Å²) >= 11 is 17.2. The molecule has 5 heteroatoms. The number of benzene rings is 1. The Balaban J connectivity index is 2.42. The molecule has 2 nitrogen and oxygen atoms in total. The maximum atomic E-state index is 6.08. The molecule has 1 aromatic rings. The van der Waals surface area contributed by atoms with Crippen molar-refractivity contribution in [3.8, 4) is 0 Å². The first kappa shape index (κ1) is 16.5. The van der Waals surface area contributed by atoms with Crippen LogP contribution in [0.1, 0.15) is 39.5 Å². The van der Waals surface area contributed by atoms with Gasteiger partial charge in [-0.25, -0.2) is 0 Å². The monoisotopic (exact) mass is 318 g/mol. The van der Waals surface area contributed by atoms with Crippen LogP contribution >= 0.6 is 35.4 Å². The van der Waals surface area contributed by atoms with Crippen molar-refractivity contribution in [3.05, 3.63) is 28.2 Å². The van der Waals surface area contributed by atoms with Crippen molar-refractivity contribution in [2.75, 3.05) is 5.32 Å². The fourth-order valence-electron chi connectivity index (χ4n) is 1.75. The Hall–Kier alpha value is -0.510. The second-order valence-corrected chi connectivity index (χ2v) is 5.87. The van der Waals surface area contributed by atoms with Gasteiger partial charge in [0.05, 0.1) is 10.7 Å². The Morgan fingerprint density at radius 3 is 2.68 bits per heavy atom. The molecule has 0 heterocycles. The Labute approximate surface area is 130 Å². The second kappa shape index (κ2) is 8.62. The van der Waals surface area contributed by atoms with E-state index in [-0.39, 0.29) is 0 Å². The summed E-state index contributed by atoms with van der Waals surface area (Å²) in [6.07, 6.45) is 4.82. The number of hydrogen-bond acceptors (Lipinski definition) is 1. The van der Waals surface area contributed by atoms with Crippen molar-refractivity contribution < 1.29 is 0 Å². The van der Waals surface area contributed by atoms with Crippen molar-refractivity contribution >= 4 is 46.2 Å². The van der Waals surface area contributed by atoms with E-state index in [9.17, 15) is 0 Å². The predicted octanol–water partition coefficient (Wildman–Crippen LogP) is 5.25. The molecule has 0 saturated heterocycles. The lowest BCUT2D eigenvalue weighted by Gasteiger charge is -2.17. The van der Waals surface area contributed by atoms with Gasteiger partial charge in [0, 0.05) is 11.1 Å². The molecule has 0 bridgehead atoms. The minimum atomic E-state index is 0.359. The third-order valence-electron chi connectivity index (χ3n) is 2.80. The zero-order chi connectivity index (χ0) is 14.3. The Morgan fingerprint density at radius 2 is 2.05 bits per heavy atom. The minimum absolute atomic E-state index is 0.359. The summed E-state index contributed by atoms with van der Waals surface area (Å²) in [6, 6.07) is 5.65. The van der Waals surface area contributed by atoms with Crippen molar-refractivity contribution in [1.29, 1.82) is 0 Å². The van der Waals surface area contributed by atoms with Crippen LogP contribution in [0.25, 0.3) is 0 Å². The van der Waals surface area contributed by atoms with Crippen molar-refractivity contribution in [1.82, 2.24) is 5.32 Å². The molecule has 1 aromatic carbocycles. The maximum absolute atomic E-state index is 6.08. The number of halogens is 2. The van der Waals surface area contributed by atoms with Crippen molar-refractivity contribution in [2.45, 2.75) is 45.6 Å². The zero-order valence-electron chi connectivity index (χ0n) is 11.3. The number of hydrogen-bond donors (Lipinski definition) is 2. The lowest BCUT2D eigenvalue weighted by atomic mass is 10.1. The van der Waals surface area contributed by atoms with E-state index in [0.717, 1.165) is 12.1 Å². The van der Waals surface area contributed by atoms with Crippen LogP contribution in [0.4, 0.5) is 5.69 Å². The maximum Gasteiger partial charge on any atom is 0.171 e. The second-order valence-electron chi connectivity index (χ2n) is 4.62. The van der Waals surface area contributed by atoms with E-state index in [2.05, 4.69) is 24.5 Å². The highest BCUT2D eigenvalue weighted by Gasteiger charge is 2.06.